The first kappa shape index (κ1) is 14.1. The van der Waals surface area contributed by atoms with Crippen molar-refractivity contribution in [3.63, 3.8) is 0 Å². The second kappa shape index (κ2) is 5.85. The highest BCUT2D eigenvalue weighted by molar-refractivity contribution is 5.84. The Morgan fingerprint density at radius 2 is 2.38 bits per heavy atom. The summed E-state index contributed by atoms with van der Waals surface area (Å²) in [7, 11) is 0. The van der Waals surface area contributed by atoms with Crippen molar-refractivity contribution < 1.29 is 9.53 Å². The number of nitrogens with zero attached hydrogens (tertiary/aromatic N) is 2. The van der Waals surface area contributed by atoms with Crippen molar-refractivity contribution in [1.29, 1.82) is 0 Å². The largest absolute Gasteiger partial charge is 0.365 e. The van der Waals surface area contributed by atoms with Crippen LogP contribution in [0.5, 0.6) is 0 Å². The molecule has 1 saturated heterocycles. The zero-order valence-electron chi connectivity index (χ0n) is 12.3. The Morgan fingerprint density at radius 3 is 3.14 bits per heavy atom. The molecule has 0 saturated carbocycles. The molecule has 3 rings (SSSR count). The van der Waals surface area contributed by atoms with E-state index in [9.17, 15) is 4.79 Å². The highest BCUT2D eigenvalue weighted by atomic mass is 16.5. The number of imidazole rings is 1. The van der Waals surface area contributed by atoms with E-state index in [2.05, 4.69) is 10.3 Å². The highest BCUT2D eigenvalue weighted by Gasteiger charge is 2.35. The first-order valence-electron chi connectivity index (χ1n) is 7.52. The lowest BCUT2D eigenvalue weighted by atomic mass is 9.95. The number of carbonyl (C=O) groups excluding carboxylic acids is 1. The van der Waals surface area contributed by atoms with Gasteiger partial charge in [-0.15, -0.1) is 0 Å². The molecule has 1 fully saturated rings. The third kappa shape index (κ3) is 3.08. The molecule has 0 aliphatic carbocycles. The van der Waals surface area contributed by atoms with Crippen LogP contribution in [-0.2, 0) is 16.0 Å². The fraction of sp³-hybridized carbons (Fsp3) is 0.500. The Morgan fingerprint density at radius 1 is 1.48 bits per heavy atom. The Bertz CT molecular complexity index is 596. The van der Waals surface area contributed by atoms with Gasteiger partial charge >= 0.3 is 0 Å². The molecule has 1 aliphatic heterocycles. The minimum atomic E-state index is -0.656. The molecule has 2 aromatic heterocycles. The molecule has 0 radical (unpaired) electrons. The SMILES string of the molecule is C[C@]1(C(=O)NCCc2cn3ccccc3n2)CCCCO1. The lowest BCUT2D eigenvalue weighted by Crippen LogP contribution is -2.48. The molecular formula is C16H21N3O2. The summed E-state index contributed by atoms with van der Waals surface area (Å²) < 4.78 is 7.64. The minimum absolute atomic E-state index is 0.00837. The lowest BCUT2D eigenvalue weighted by molar-refractivity contribution is -0.150. The van der Waals surface area contributed by atoms with Crippen LogP contribution >= 0.6 is 0 Å². The topological polar surface area (TPSA) is 55.6 Å². The van der Waals surface area contributed by atoms with E-state index in [0.29, 0.717) is 13.2 Å². The standard InChI is InChI=1S/C16H21N3O2/c1-16(8-3-5-11-21-16)15(20)17-9-7-13-12-19-10-4-2-6-14(19)18-13/h2,4,6,10,12H,3,5,7-9,11H2,1H3,(H,17,20)/t16-/m1/s1. The maximum Gasteiger partial charge on any atom is 0.251 e. The van der Waals surface area contributed by atoms with Crippen molar-refractivity contribution in [3.8, 4) is 0 Å². The van der Waals surface area contributed by atoms with E-state index in [0.717, 1.165) is 37.0 Å². The zero-order valence-corrected chi connectivity index (χ0v) is 12.3. The van der Waals surface area contributed by atoms with Crippen molar-refractivity contribution in [2.24, 2.45) is 0 Å². The molecule has 1 N–H and O–H groups in total. The molecule has 112 valence electrons. The predicted molar refractivity (Wildman–Crippen MR) is 80.1 cm³/mol. The average Bonchev–Trinajstić information content (AvgIpc) is 2.90. The summed E-state index contributed by atoms with van der Waals surface area (Å²) in [6, 6.07) is 5.91. The first-order chi connectivity index (χ1) is 10.2. The van der Waals surface area contributed by atoms with Crippen LogP contribution < -0.4 is 5.32 Å². The van der Waals surface area contributed by atoms with Gasteiger partial charge in [0, 0.05) is 32.0 Å². The highest BCUT2D eigenvalue weighted by Crippen LogP contribution is 2.24. The Hall–Kier alpha value is -1.88. The van der Waals surface area contributed by atoms with Crippen LogP contribution in [0, 0.1) is 0 Å². The fourth-order valence-corrected chi connectivity index (χ4v) is 2.71. The smallest absolute Gasteiger partial charge is 0.251 e. The number of amides is 1. The number of rotatable bonds is 4. The third-order valence-corrected chi connectivity index (χ3v) is 4.03. The maximum absolute atomic E-state index is 12.2. The van der Waals surface area contributed by atoms with E-state index in [1.807, 2.05) is 41.9 Å². The maximum atomic E-state index is 12.2. The molecule has 1 amide bonds. The Balaban J connectivity index is 1.54. The number of hydrogen-bond donors (Lipinski definition) is 1. The van der Waals surface area contributed by atoms with Crippen molar-refractivity contribution in [2.45, 2.75) is 38.2 Å². The second-order valence-corrected chi connectivity index (χ2v) is 5.74. The molecule has 0 aromatic carbocycles. The molecule has 5 heteroatoms. The third-order valence-electron chi connectivity index (χ3n) is 4.03. The van der Waals surface area contributed by atoms with E-state index >= 15 is 0 Å². The molecule has 1 aliphatic rings. The van der Waals surface area contributed by atoms with E-state index in [1.54, 1.807) is 0 Å². The molecule has 0 spiro atoms. The summed E-state index contributed by atoms with van der Waals surface area (Å²) >= 11 is 0. The molecule has 1 atom stereocenters. The van der Waals surface area contributed by atoms with Gasteiger partial charge in [-0.05, 0) is 38.3 Å². The van der Waals surface area contributed by atoms with Gasteiger partial charge < -0.3 is 14.5 Å². The van der Waals surface area contributed by atoms with Gasteiger partial charge in [0.15, 0.2) is 0 Å². The van der Waals surface area contributed by atoms with Crippen LogP contribution in [0.4, 0.5) is 0 Å². The van der Waals surface area contributed by atoms with Gasteiger partial charge in [0.25, 0.3) is 5.91 Å². The molecule has 0 unspecified atom stereocenters. The van der Waals surface area contributed by atoms with E-state index in [-0.39, 0.29) is 5.91 Å². The molecule has 0 bridgehead atoms. The normalized spacial score (nSPS) is 22.3. The van der Waals surface area contributed by atoms with Crippen LogP contribution in [0.15, 0.2) is 30.6 Å². The van der Waals surface area contributed by atoms with Crippen molar-refractivity contribution >= 4 is 11.6 Å². The van der Waals surface area contributed by atoms with Crippen LogP contribution in [0.1, 0.15) is 31.9 Å². The van der Waals surface area contributed by atoms with Gasteiger partial charge in [0.2, 0.25) is 0 Å². The van der Waals surface area contributed by atoms with Crippen molar-refractivity contribution in [3.05, 3.63) is 36.3 Å². The summed E-state index contributed by atoms with van der Waals surface area (Å²) in [5.41, 5.74) is 1.26. The number of fused-ring (bicyclic) bond motifs is 1. The van der Waals surface area contributed by atoms with Gasteiger partial charge in [-0.25, -0.2) is 4.98 Å². The number of pyridine rings is 1. The quantitative estimate of drug-likeness (QED) is 0.935. The van der Waals surface area contributed by atoms with Crippen molar-refractivity contribution in [2.75, 3.05) is 13.2 Å². The van der Waals surface area contributed by atoms with Crippen molar-refractivity contribution in [1.82, 2.24) is 14.7 Å². The minimum Gasteiger partial charge on any atom is -0.365 e. The lowest BCUT2D eigenvalue weighted by Gasteiger charge is -2.32. The van der Waals surface area contributed by atoms with E-state index in [1.165, 1.54) is 0 Å². The van der Waals surface area contributed by atoms with Gasteiger partial charge in [0.05, 0.1) is 5.69 Å². The van der Waals surface area contributed by atoms with Crippen LogP contribution in [0.3, 0.4) is 0 Å². The van der Waals surface area contributed by atoms with Gasteiger partial charge in [-0.3, -0.25) is 4.79 Å². The van der Waals surface area contributed by atoms with Crippen LogP contribution in [0.25, 0.3) is 5.65 Å². The summed E-state index contributed by atoms with van der Waals surface area (Å²) in [6.07, 6.45) is 7.60. The summed E-state index contributed by atoms with van der Waals surface area (Å²) in [6.45, 7) is 3.14. The molecular weight excluding hydrogens is 266 g/mol. The van der Waals surface area contributed by atoms with Gasteiger partial charge in [-0.1, -0.05) is 6.07 Å². The Labute approximate surface area is 124 Å². The van der Waals surface area contributed by atoms with Crippen LogP contribution in [-0.4, -0.2) is 34.0 Å². The van der Waals surface area contributed by atoms with Crippen LogP contribution in [0.2, 0.25) is 0 Å². The van der Waals surface area contributed by atoms with E-state index in [4.69, 9.17) is 4.74 Å². The number of carbonyl (C=O) groups is 1. The van der Waals surface area contributed by atoms with Gasteiger partial charge in [-0.2, -0.15) is 0 Å². The zero-order chi connectivity index (χ0) is 14.7. The predicted octanol–water partition coefficient (Wildman–Crippen LogP) is 1.95. The summed E-state index contributed by atoms with van der Waals surface area (Å²) in [5.74, 6) is -0.00837. The number of ether oxygens (including phenoxy) is 1. The summed E-state index contributed by atoms with van der Waals surface area (Å²) in [4.78, 5) is 16.7. The monoisotopic (exact) mass is 287 g/mol. The average molecular weight is 287 g/mol. The molecule has 5 nitrogen and oxygen atoms in total. The first-order valence-corrected chi connectivity index (χ1v) is 7.52. The second-order valence-electron chi connectivity index (χ2n) is 5.74. The number of hydrogen-bond acceptors (Lipinski definition) is 3. The molecule has 3 heterocycles. The summed E-state index contributed by atoms with van der Waals surface area (Å²) in [5, 5.41) is 2.97. The van der Waals surface area contributed by atoms with Gasteiger partial charge in [0.1, 0.15) is 11.2 Å². The number of nitrogens with one attached hydrogen (secondary N) is 1. The molecule has 2 aromatic rings. The molecule has 21 heavy (non-hydrogen) atoms. The fourth-order valence-electron chi connectivity index (χ4n) is 2.71. The Kier molecular flexibility index (Phi) is 3.92. The number of aromatic nitrogens is 2. The van der Waals surface area contributed by atoms with E-state index < -0.39 is 5.60 Å².